The van der Waals surface area contributed by atoms with Crippen LogP contribution in [0.2, 0.25) is 0 Å². The van der Waals surface area contributed by atoms with Crippen LogP contribution in [0.5, 0.6) is 11.5 Å². The lowest BCUT2D eigenvalue weighted by atomic mass is 9.96. The molecule has 0 heterocycles. The van der Waals surface area contributed by atoms with Gasteiger partial charge in [0, 0.05) is 11.1 Å². The summed E-state index contributed by atoms with van der Waals surface area (Å²) in [5.74, 6) is -0.801. The predicted molar refractivity (Wildman–Crippen MR) is 79.0 cm³/mol. The van der Waals surface area contributed by atoms with Crippen LogP contribution in [0.25, 0.3) is 5.57 Å². The van der Waals surface area contributed by atoms with Crippen LogP contribution in [0.15, 0.2) is 48.5 Å². The van der Waals surface area contributed by atoms with Crippen molar-refractivity contribution in [1.29, 1.82) is 0 Å². The Hall–Kier alpha value is -2.55. The first-order valence-electron chi connectivity index (χ1n) is 6.34. The Kier molecular flexibility index (Phi) is 3.89. The number of aromatic hydroxyl groups is 2. The van der Waals surface area contributed by atoms with Gasteiger partial charge in [-0.05, 0) is 31.6 Å². The zero-order chi connectivity index (χ0) is 14.7. The second-order valence-corrected chi connectivity index (χ2v) is 4.52. The molecule has 0 aromatic heterocycles. The molecule has 0 aliphatic rings. The molecule has 0 saturated carbocycles. The third kappa shape index (κ3) is 2.43. The molecule has 2 aromatic carbocycles. The lowest BCUT2D eigenvalue weighted by Crippen LogP contribution is -2.03. The number of carbonyl (C=O) groups excluding carboxylic acids is 1. The molecule has 0 spiro atoms. The topological polar surface area (TPSA) is 57.5 Å². The molecular formula is C17H16O3. The second kappa shape index (κ2) is 5.61. The van der Waals surface area contributed by atoms with Gasteiger partial charge in [-0.1, -0.05) is 36.4 Å². The molecule has 2 rings (SSSR count). The van der Waals surface area contributed by atoms with Crippen LogP contribution >= 0.6 is 0 Å². The highest BCUT2D eigenvalue weighted by atomic mass is 16.3. The molecule has 3 heteroatoms. The van der Waals surface area contributed by atoms with E-state index >= 15 is 0 Å². The highest BCUT2D eigenvalue weighted by molar-refractivity contribution is 6.13. The van der Waals surface area contributed by atoms with Gasteiger partial charge in [0.25, 0.3) is 0 Å². The van der Waals surface area contributed by atoms with E-state index in [0.717, 1.165) is 5.57 Å². The zero-order valence-corrected chi connectivity index (χ0v) is 11.4. The number of phenolic OH excluding ortho intramolecular Hbond substituents is 2. The molecule has 0 amide bonds. The van der Waals surface area contributed by atoms with Crippen molar-refractivity contribution >= 4 is 11.4 Å². The van der Waals surface area contributed by atoms with Crippen molar-refractivity contribution < 1.29 is 15.0 Å². The summed E-state index contributed by atoms with van der Waals surface area (Å²) in [6.45, 7) is 3.68. The van der Waals surface area contributed by atoms with Gasteiger partial charge in [-0.15, -0.1) is 0 Å². The van der Waals surface area contributed by atoms with E-state index in [-0.39, 0.29) is 17.1 Å². The van der Waals surface area contributed by atoms with E-state index in [9.17, 15) is 15.0 Å². The minimum Gasteiger partial charge on any atom is -0.507 e. The molecule has 102 valence electrons. The van der Waals surface area contributed by atoms with Gasteiger partial charge in [-0.3, -0.25) is 4.79 Å². The average Bonchev–Trinajstić information content (AvgIpc) is 2.47. The van der Waals surface area contributed by atoms with Gasteiger partial charge in [0.2, 0.25) is 5.78 Å². The SMILES string of the molecule is C/C=C(\C)c1ccc(O)c(C(=O)c2ccccc2)c1O. The van der Waals surface area contributed by atoms with Crippen molar-refractivity contribution in [3.05, 3.63) is 65.2 Å². The Labute approximate surface area is 117 Å². The largest absolute Gasteiger partial charge is 0.507 e. The van der Waals surface area contributed by atoms with Crippen LogP contribution in [0.4, 0.5) is 0 Å². The molecule has 0 bridgehead atoms. The number of ketones is 1. The van der Waals surface area contributed by atoms with Crippen molar-refractivity contribution in [3.8, 4) is 11.5 Å². The smallest absolute Gasteiger partial charge is 0.200 e. The first-order valence-corrected chi connectivity index (χ1v) is 6.34. The summed E-state index contributed by atoms with van der Waals surface area (Å²) in [6, 6.07) is 11.6. The number of carbonyl (C=O) groups is 1. The average molecular weight is 268 g/mol. The molecular weight excluding hydrogens is 252 g/mol. The standard InChI is InChI=1S/C17H16O3/c1-3-11(2)13-9-10-14(18)15(17(13)20)16(19)12-7-5-4-6-8-12/h3-10,18,20H,1-2H3/b11-3+. The van der Waals surface area contributed by atoms with E-state index in [1.165, 1.54) is 6.07 Å². The quantitative estimate of drug-likeness (QED) is 0.833. The van der Waals surface area contributed by atoms with E-state index in [1.54, 1.807) is 36.4 Å². The molecule has 0 radical (unpaired) electrons. The van der Waals surface area contributed by atoms with Gasteiger partial charge in [-0.2, -0.15) is 0 Å². The molecule has 20 heavy (non-hydrogen) atoms. The number of phenols is 2. The maximum atomic E-state index is 12.4. The van der Waals surface area contributed by atoms with Gasteiger partial charge >= 0.3 is 0 Å². The number of hydrogen-bond donors (Lipinski definition) is 2. The Bertz CT molecular complexity index is 670. The molecule has 0 aliphatic carbocycles. The summed E-state index contributed by atoms with van der Waals surface area (Å²) in [4.78, 5) is 12.4. The molecule has 0 saturated heterocycles. The monoisotopic (exact) mass is 268 g/mol. The lowest BCUT2D eigenvalue weighted by Gasteiger charge is -2.11. The van der Waals surface area contributed by atoms with Crippen LogP contribution in [-0.4, -0.2) is 16.0 Å². The minimum atomic E-state index is -0.397. The molecule has 0 fully saturated rings. The molecule has 2 aromatic rings. The van der Waals surface area contributed by atoms with Gasteiger partial charge in [0.1, 0.15) is 17.1 Å². The van der Waals surface area contributed by atoms with Crippen LogP contribution in [-0.2, 0) is 0 Å². The van der Waals surface area contributed by atoms with E-state index < -0.39 is 5.78 Å². The van der Waals surface area contributed by atoms with Gasteiger partial charge < -0.3 is 10.2 Å². The van der Waals surface area contributed by atoms with Crippen LogP contribution in [0.1, 0.15) is 35.3 Å². The molecule has 3 nitrogen and oxygen atoms in total. The molecule has 0 aliphatic heterocycles. The Balaban J connectivity index is 2.60. The fourth-order valence-electron chi connectivity index (χ4n) is 2.01. The third-order valence-corrected chi connectivity index (χ3v) is 3.28. The maximum Gasteiger partial charge on any atom is 0.200 e. The fourth-order valence-corrected chi connectivity index (χ4v) is 2.01. The number of allylic oxidation sites excluding steroid dienone is 2. The molecule has 0 atom stereocenters. The summed E-state index contributed by atoms with van der Waals surface area (Å²) >= 11 is 0. The first-order chi connectivity index (χ1) is 9.56. The third-order valence-electron chi connectivity index (χ3n) is 3.28. The van der Waals surface area contributed by atoms with Crippen molar-refractivity contribution in [2.24, 2.45) is 0 Å². The molecule has 2 N–H and O–H groups in total. The number of benzene rings is 2. The molecule has 0 unspecified atom stereocenters. The van der Waals surface area contributed by atoms with Gasteiger partial charge in [0.15, 0.2) is 0 Å². The zero-order valence-electron chi connectivity index (χ0n) is 11.4. The lowest BCUT2D eigenvalue weighted by molar-refractivity contribution is 0.103. The van der Waals surface area contributed by atoms with Crippen LogP contribution in [0.3, 0.4) is 0 Å². The van der Waals surface area contributed by atoms with Crippen LogP contribution in [0, 0.1) is 0 Å². The number of hydrogen-bond acceptors (Lipinski definition) is 3. The normalized spacial score (nSPS) is 11.4. The Morgan fingerprint density at radius 3 is 2.30 bits per heavy atom. The van der Waals surface area contributed by atoms with Crippen molar-refractivity contribution in [3.63, 3.8) is 0 Å². The van der Waals surface area contributed by atoms with Gasteiger partial charge in [-0.25, -0.2) is 0 Å². The van der Waals surface area contributed by atoms with E-state index in [0.29, 0.717) is 11.1 Å². The van der Waals surface area contributed by atoms with Crippen molar-refractivity contribution in [2.75, 3.05) is 0 Å². The summed E-state index contributed by atoms with van der Waals surface area (Å²) < 4.78 is 0. The minimum absolute atomic E-state index is 0.0603. The van der Waals surface area contributed by atoms with Crippen molar-refractivity contribution in [1.82, 2.24) is 0 Å². The summed E-state index contributed by atoms with van der Waals surface area (Å²) in [5.41, 5.74) is 1.75. The van der Waals surface area contributed by atoms with E-state index in [2.05, 4.69) is 0 Å². The van der Waals surface area contributed by atoms with Crippen molar-refractivity contribution in [2.45, 2.75) is 13.8 Å². The summed E-state index contributed by atoms with van der Waals surface area (Å²) in [6.07, 6.45) is 1.84. The van der Waals surface area contributed by atoms with E-state index in [4.69, 9.17) is 0 Å². The predicted octanol–water partition coefficient (Wildman–Crippen LogP) is 3.75. The number of rotatable bonds is 3. The van der Waals surface area contributed by atoms with Gasteiger partial charge in [0.05, 0.1) is 0 Å². The summed E-state index contributed by atoms with van der Waals surface area (Å²) in [7, 11) is 0. The first kappa shape index (κ1) is 13.9. The van der Waals surface area contributed by atoms with E-state index in [1.807, 2.05) is 19.9 Å². The van der Waals surface area contributed by atoms with Crippen LogP contribution < -0.4 is 0 Å². The Morgan fingerprint density at radius 2 is 1.70 bits per heavy atom. The Morgan fingerprint density at radius 1 is 1.05 bits per heavy atom. The highest BCUT2D eigenvalue weighted by Crippen LogP contribution is 2.35. The maximum absolute atomic E-state index is 12.4. The highest BCUT2D eigenvalue weighted by Gasteiger charge is 2.20. The second-order valence-electron chi connectivity index (χ2n) is 4.52. The fraction of sp³-hybridized carbons (Fsp3) is 0.118. The summed E-state index contributed by atoms with van der Waals surface area (Å²) in [5, 5.41) is 20.2.